The zero-order valence-corrected chi connectivity index (χ0v) is 11.9. The van der Waals surface area contributed by atoms with Crippen molar-refractivity contribution in [1.29, 1.82) is 0 Å². The summed E-state index contributed by atoms with van der Waals surface area (Å²) in [5.41, 5.74) is -0.397. The van der Waals surface area contributed by atoms with Crippen LogP contribution in [0.5, 0.6) is 0 Å². The molecule has 1 aromatic carbocycles. The Labute approximate surface area is 128 Å². The molecule has 3 aromatic rings. The van der Waals surface area contributed by atoms with Crippen molar-refractivity contribution in [3.63, 3.8) is 0 Å². The normalized spacial score (nSPS) is 11.0. The van der Waals surface area contributed by atoms with Gasteiger partial charge in [-0.3, -0.25) is 4.98 Å². The fourth-order valence-corrected chi connectivity index (χ4v) is 2.14. The molecule has 0 unspecified atom stereocenters. The molecule has 8 heteroatoms. The smallest absolute Gasteiger partial charge is 0.358 e. The van der Waals surface area contributed by atoms with Gasteiger partial charge >= 0.3 is 5.97 Å². The van der Waals surface area contributed by atoms with Gasteiger partial charge in [-0.25, -0.2) is 22.9 Å². The molecule has 0 aliphatic carbocycles. The van der Waals surface area contributed by atoms with Gasteiger partial charge in [-0.15, -0.1) is 0 Å². The van der Waals surface area contributed by atoms with Crippen molar-refractivity contribution >= 4 is 11.6 Å². The first-order valence-corrected chi connectivity index (χ1v) is 6.67. The van der Waals surface area contributed by atoms with Crippen LogP contribution in [0.25, 0.3) is 16.9 Å². The standard InChI is InChI=1S/C15H10F3N3O2/c1-2-23-15(22)11-7-21-4-3-19-13(14(21)20-11)9-5-8(16)6-10(17)12(9)18/h3-7H,2H2,1H3. The lowest BCUT2D eigenvalue weighted by Gasteiger charge is -2.05. The number of imidazole rings is 1. The van der Waals surface area contributed by atoms with Crippen molar-refractivity contribution in [1.82, 2.24) is 14.4 Å². The van der Waals surface area contributed by atoms with Gasteiger partial charge in [0, 0.05) is 30.2 Å². The van der Waals surface area contributed by atoms with Gasteiger partial charge < -0.3 is 9.14 Å². The summed E-state index contributed by atoms with van der Waals surface area (Å²) in [7, 11) is 0. The van der Waals surface area contributed by atoms with E-state index in [1.807, 2.05) is 0 Å². The number of ether oxygens (including phenoxy) is 1. The number of aromatic nitrogens is 3. The first kappa shape index (κ1) is 15.0. The number of nitrogens with zero attached hydrogens (tertiary/aromatic N) is 3. The van der Waals surface area contributed by atoms with E-state index in [4.69, 9.17) is 4.74 Å². The zero-order chi connectivity index (χ0) is 16.6. The van der Waals surface area contributed by atoms with E-state index in [9.17, 15) is 18.0 Å². The summed E-state index contributed by atoms with van der Waals surface area (Å²) < 4.78 is 47.0. The highest BCUT2D eigenvalue weighted by Gasteiger charge is 2.19. The van der Waals surface area contributed by atoms with Crippen LogP contribution >= 0.6 is 0 Å². The fraction of sp³-hybridized carbons (Fsp3) is 0.133. The van der Waals surface area contributed by atoms with Gasteiger partial charge in [0.1, 0.15) is 11.5 Å². The second-order valence-corrected chi connectivity index (χ2v) is 4.60. The van der Waals surface area contributed by atoms with Crippen LogP contribution in [0, 0.1) is 17.5 Å². The van der Waals surface area contributed by atoms with E-state index in [-0.39, 0.29) is 29.2 Å². The van der Waals surface area contributed by atoms with Crippen molar-refractivity contribution in [3.8, 4) is 11.3 Å². The van der Waals surface area contributed by atoms with Crippen molar-refractivity contribution in [2.75, 3.05) is 6.61 Å². The van der Waals surface area contributed by atoms with Crippen LogP contribution in [0.1, 0.15) is 17.4 Å². The first-order valence-electron chi connectivity index (χ1n) is 6.67. The molecule has 5 nitrogen and oxygen atoms in total. The predicted octanol–water partition coefficient (Wildman–Crippen LogP) is 2.99. The summed E-state index contributed by atoms with van der Waals surface area (Å²) in [5, 5.41) is 0. The topological polar surface area (TPSA) is 56.5 Å². The average molecular weight is 321 g/mol. The summed E-state index contributed by atoms with van der Waals surface area (Å²) in [5.74, 6) is -4.18. The van der Waals surface area contributed by atoms with Gasteiger partial charge in [-0.1, -0.05) is 0 Å². The minimum absolute atomic E-state index is 0.0154. The average Bonchev–Trinajstić information content (AvgIpc) is 2.95. The number of carbonyl (C=O) groups is 1. The van der Waals surface area contributed by atoms with Gasteiger partial charge in [0.15, 0.2) is 23.0 Å². The van der Waals surface area contributed by atoms with Crippen LogP contribution in [0.4, 0.5) is 13.2 Å². The molecule has 3 rings (SSSR count). The number of halogens is 3. The first-order chi connectivity index (χ1) is 11.0. The van der Waals surface area contributed by atoms with Crippen molar-refractivity contribution in [2.45, 2.75) is 6.92 Å². The molecule has 0 fully saturated rings. The van der Waals surface area contributed by atoms with Gasteiger partial charge in [0.25, 0.3) is 0 Å². The van der Waals surface area contributed by atoms with Crippen LogP contribution < -0.4 is 0 Å². The number of carbonyl (C=O) groups excluding carboxylic acids is 1. The van der Waals surface area contributed by atoms with Crippen LogP contribution in [-0.2, 0) is 4.74 Å². The SMILES string of the molecule is CCOC(=O)c1cn2ccnc(-c3cc(F)cc(F)c3F)c2n1. The Morgan fingerprint density at radius 1 is 1.30 bits per heavy atom. The van der Waals surface area contributed by atoms with Crippen LogP contribution in [0.3, 0.4) is 0 Å². The molecule has 118 valence electrons. The third-order valence-electron chi connectivity index (χ3n) is 3.11. The molecule has 0 spiro atoms. The van der Waals surface area contributed by atoms with E-state index >= 15 is 0 Å². The number of hydrogen-bond acceptors (Lipinski definition) is 4. The largest absolute Gasteiger partial charge is 0.461 e. The van der Waals surface area contributed by atoms with E-state index in [2.05, 4.69) is 9.97 Å². The molecule has 0 bridgehead atoms. The molecular formula is C15H10F3N3O2. The molecule has 0 N–H and O–H groups in total. The maximum Gasteiger partial charge on any atom is 0.358 e. The lowest BCUT2D eigenvalue weighted by atomic mass is 10.1. The molecule has 0 saturated heterocycles. The van der Waals surface area contributed by atoms with Gasteiger partial charge in [-0.2, -0.15) is 0 Å². The zero-order valence-electron chi connectivity index (χ0n) is 11.9. The van der Waals surface area contributed by atoms with Crippen LogP contribution in [0.15, 0.2) is 30.7 Å². The van der Waals surface area contributed by atoms with Crippen LogP contribution in [-0.4, -0.2) is 26.9 Å². The Bertz CT molecular complexity index is 908. The Balaban J connectivity index is 2.21. The highest BCUT2D eigenvalue weighted by atomic mass is 19.2. The Kier molecular flexibility index (Phi) is 3.73. The molecule has 0 atom stereocenters. The van der Waals surface area contributed by atoms with Crippen molar-refractivity contribution < 1.29 is 22.7 Å². The second kappa shape index (κ2) is 5.71. The van der Waals surface area contributed by atoms with E-state index < -0.39 is 23.4 Å². The summed E-state index contributed by atoms with van der Waals surface area (Å²) in [6.07, 6.45) is 4.15. The quantitative estimate of drug-likeness (QED) is 0.550. The maximum absolute atomic E-state index is 14.0. The molecular weight excluding hydrogens is 311 g/mol. The van der Waals surface area contributed by atoms with Crippen molar-refractivity contribution in [2.24, 2.45) is 0 Å². The Morgan fingerprint density at radius 2 is 2.09 bits per heavy atom. The summed E-state index contributed by atoms with van der Waals surface area (Å²) >= 11 is 0. The monoisotopic (exact) mass is 321 g/mol. The lowest BCUT2D eigenvalue weighted by Crippen LogP contribution is -2.04. The molecule has 0 aliphatic rings. The number of benzene rings is 1. The summed E-state index contributed by atoms with van der Waals surface area (Å²) in [6, 6.07) is 1.26. The second-order valence-electron chi connectivity index (χ2n) is 4.60. The fourth-order valence-electron chi connectivity index (χ4n) is 2.14. The number of hydrogen-bond donors (Lipinski definition) is 0. The van der Waals surface area contributed by atoms with Gasteiger partial charge in [0.05, 0.1) is 6.61 Å². The van der Waals surface area contributed by atoms with E-state index in [1.165, 1.54) is 23.0 Å². The summed E-state index contributed by atoms with van der Waals surface area (Å²) in [4.78, 5) is 19.7. The third-order valence-corrected chi connectivity index (χ3v) is 3.11. The van der Waals surface area contributed by atoms with E-state index in [0.29, 0.717) is 6.07 Å². The number of fused-ring (bicyclic) bond motifs is 1. The van der Waals surface area contributed by atoms with Gasteiger partial charge in [0.2, 0.25) is 0 Å². The number of rotatable bonds is 3. The highest BCUT2D eigenvalue weighted by molar-refractivity contribution is 5.89. The molecule has 0 saturated carbocycles. The minimum Gasteiger partial charge on any atom is -0.461 e. The highest BCUT2D eigenvalue weighted by Crippen LogP contribution is 2.27. The van der Waals surface area contributed by atoms with E-state index in [1.54, 1.807) is 6.92 Å². The van der Waals surface area contributed by atoms with Crippen molar-refractivity contribution in [3.05, 3.63) is 53.9 Å². The predicted molar refractivity (Wildman–Crippen MR) is 74.3 cm³/mol. The van der Waals surface area contributed by atoms with E-state index in [0.717, 1.165) is 6.07 Å². The number of esters is 1. The minimum atomic E-state index is -1.33. The maximum atomic E-state index is 14.0. The molecule has 0 amide bonds. The summed E-state index contributed by atoms with van der Waals surface area (Å²) in [6.45, 7) is 1.81. The Hall–Kier alpha value is -2.90. The molecule has 0 aliphatic heterocycles. The molecule has 2 heterocycles. The van der Waals surface area contributed by atoms with Crippen LogP contribution in [0.2, 0.25) is 0 Å². The lowest BCUT2D eigenvalue weighted by molar-refractivity contribution is 0.0520. The Morgan fingerprint density at radius 3 is 2.83 bits per heavy atom. The molecule has 0 radical (unpaired) electrons. The molecule has 2 aromatic heterocycles. The van der Waals surface area contributed by atoms with Gasteiger partial charge in [-0.05, 0) is 13.0 Å². The third kappa shape index (κ3) is 2.63. The molecule has 23 heavy (non-hydrogen) atoms.